The normalized spacial score (nSPS) is 19.2. The number of sulfonamides is 1. The summed E-state index contributed by atoms with van der Waals surface area (Å²) in [5.74, 6) is 0.310. The maximum atomic E-state index is 12.9. The number of hydrogen-bond acceptors (Lipinski definition) is 3. The van der Waals surface area contributed by atoms with Crippen LogP contribution in [0.5, 0.6) is 0 Å². The molecule has 4 rings (SSSR count). The van der Waals surface area contributed by atoms with Crippen LogP contribution in [0.4, 0.5) is 11.4 Å². The molecule has 6 heteroatoms. The van der Waals surface area contributed by atoms with Crippen molar-refractivity contribution in [3.63, 3.8) is 0 Å². The Balaban J connectivity index is 1.61. The maximum absolute atomic E-state index is 12.9. The molecule has 28 heavy (non-hydrogen) atoms. The van der Waals surface area contributed by atoms with Crippen molar-refractivity contribution in [1.82, 2.24) is 0 Å². The molecule has 5 nitrogen and oxygen atoms in total. The summed E-state index contributed by atoms with van der Waals surface area (Å²) in [5, 5.41) is 0. The number of rotatable bonds is 4. The first-order valence-electron chi connectivity index (χ1n) is 9.82. The SMILES string of the molecule is Cc1ccc(NS(=O)(=O)c2ccc3c(c2)CC(C)N3C(=O)C2CCC2)cc1C. The second kappa shape index (κ2) is 6.92. The molecule has 1 amide bonds. The van der Waals surface area contributed by atoms with E-state index < -0.39 is 10.0 Å². The molecule has 1 heterocycles. The highest BCUT2D eigenvalue weighted by Gasteiger charge is 2.37. The molecule has 2 aliphatic rings. The number of carbonyl (C=O) groups is 1. The molecule has 1 fully saturated rings. The maximum Gasteiger partial charge on any atom is 0.261 e. The van der Waals surface area contributed by atoms with E-state index in [-0.39, 0.29) is 22.8 Å². The van der Waals surface area contributed by atoms with Crippen LogP contribution in [0.1, 0.15) is 42.9 Å². The van der Waals surface area contributed by atoms with Crippen LogP contribution in [-0.4, -0.2) is 20.4 Å². The van der Waals surface area contributed by atoms with Gasteiger partial charge in [-0.2, -0.15) is 0 Å². The predicted molar refractivity (Wildman–Crippen MR) is 111 cm³/mol. The largest absolute Gasteiger partial charge is 0.309 e. The summed E-state index contributed by atoms with van der Waals surface area (Å²) >= 11 is 0. The second-order valence-corrected chi connectivity index (χ2v) is 9.77. The van der Waals surface area contributed by atoms with E-state index in [9.17, 15) is 13.2 Å². The monoisotopic (exact) mass is 398 g/mol. The van der Waals surface area contributed by atoms with Gasteiger partial charge in [0.2, 0.25) is 5.91 Å². The lowest BCUT2D eigenvalue weighted by molar-refractivity contribution is -0.125. The van der Waals surface area contributed by atoms with Crippen molar-refractivity contribution in [2.24, 2.45) is 5.92 Å². The molecule has 0 radical (unpaired) electrons. The molecule has 0 aromatic heterocycles. The first-order chi connectivity index (χ1) is 13.3. The Morgan fingerprint density at radius 1 is 1.07 bits per heavy atom. The summed E-state index contributed by atoms with van der Waals surface area (Å²) in [5.41, 5.74) is 4.48. The lowest BCUT2D eigenvalue weighted by atomic mass is 9.84. The summed E-state index contributed by atoms with van der Waals surface area (Å²) in [6, 6.07) is 10.7. The molecular formula is C22H26N2O3S. The molecule has 1 aliphatic carbocycles. The molecule has 0 bridgehead atoms. The minimum Gasteiger partial charge on any atom is -0.309 e. The number of carbonyl (C=O) groups excluding carboxylic acids is 1. The lowest BCUT2D eigenvalue weighted by Gasteiger charge is -2.32. The molecular weight excluding hydrogens is 372 g/mol. The molecule has 0 saturated heterocycles. The Labute approximate surface area is 166 Å². The zero-order chi connectivity index (χ0) is 20.1. The summed E-state index contributed by atoms with van der Waals surface area (Å²) in [7, 11) is -3.68. The first-order valence-corrected chi connectivity index (χ1v) is 11.3. The smallest absolute Gasteiger partial charge is 0.261 e. The molecule has 1 N–H and O–H groups in total. The van der Waals surface area contributed by atoms with Crippen molar-refractivity contribution < 1.29 is 13.2 Å². The number of aryl methyl sites for hydroxylation is 2. The van der Waals surface area contributed by atoms with Crippen molar-refractivity contribution >= 4 is 27.3 Å². The van der Waals surface area contributed by atoms with Gasteiger partial charge in [0.05, 0.1) is 4.90 Å². The average molecular weight is 399 g/mol. The Bertz CT molecular complexity index is 1040. The number of nitrogens with one attached hydrogen (secondary N) is 1. The van der Waals surface area contributed by atoms with Crippen molar-refractivity contribution in [1.29, 1.82) is 0 Å². The summed E-state index contributed by atoms with van der Waals surface area (Å²) in [6.07, 6.45) is 3.72. The minimum absolute atomic E-state index is 0.0637. The van der Waals surface area contributed by atoms with E-state index in [1.165, 1.54) is 0 Å². The van der Waals surface area contributed by atoms with Gasteiger partial charge in [-0.15, -0.1) is 0 Å². The van der Waals surface area contributed by atoms with Gasteiger partial charge >= 0.3 is 0 Å². The zero-order valence-corrected chi connectivity index (χ0v) is 17.3. The molecule has 2 aromatic rings. The van der Waals surface area contributed by atoms with Crippen LogP contribution in [-0.2, 0) is 21.2 Å². The topological polar surface area (TPSA) is 66.5 Å². The average Bonchev–Trinajstić information content (AvgIpc) is 2.91. The standard InChI is InChI=1S/C22H26N2O3S/c1-14-7-8-19(11-15(14)2)23-28(26,27)20-9-10-21-18(13-20)12-16(3)24(21)22(25)17-5-4-6-17/h7-11,13,16-17,23H,4-6,12H2,1-3H3. The number of nitrogens with zero attached hydrogens (tertiary/aromatic N) is 1. The third kappa shape index (κ3) is 3.30. The fraction of sp³-hybridized carbons (Fsp3) is 0.409. The van der Waals surface area contributed by atoms with Crippen LogP contribution < -0.4 is 9.62 Å². The fourth-order valence-corrected chi connectivity index (χ4v) is 5.08. The Hall–Kier alpha value is -2.34. The third-order valence-electron chi connectivity index (χ3n) is 6.03. The first kappa shape index (κ1) is 19.0. The third-order valence-corrected chi connectivity index (χ3v) is 7.41. The van der Waals surface area contributed by atoms with E-state index >= 15 is 0 Å². The lowest BCUT2D eigenvalue weighted by Crippen LogP contribution is -2.42. The van der Waals surface area contributed by atoms with E-state index in [0.29, 0.717) is 12.1 Å². The molecule has 1 atom stereocenters. The van der Waals surface area contributed by atoms with Crippen LogP contribution in [0.15, 0.2) is 41.3 Å². The van der Waals surface area contributed by atoms with Crippen molar-refractivity contribution in [2.75, 3.05) is 9.62 Å². The van der Waals surface area contributed by atoms with Crippen LogP contribution >= 0.6 is 0 Å². The van der Waals surface area contributed by atoms with Gasteiger partial charge in [0.25, 0.3) is 10.0 Å². The van der Waals surface area contributed by atoms with Crippen molar-refractivity contribution in [2.45, 2.75) is 57.4 Å². The molecule has 2 aromatic carbocycles. The van der Waals surface area contributed by atoms with Crippen LogP contribution in [0.2, 0.25) is 0 Å². The Morgan fingerprint density at radius 3 is 2.46 bits per heavy atom. The van der Waals surface area contributed by atoms with E-state index in [4.69, 9.17) is 0 Å². The second-order valence-electron chi connectivity index (χ2n) is 8.08. The van der Waals surface area contributed by atoms with Gasteiger partial charge in [-0.1, -0.05) is 12.5 Å². The number of anilines is 2. The molecule has 1 aliphatic heterocycles. The quantitative estimate of drug-likeness (QED) is 0.840. The van der Waals surface area contributed by atoms with E-state index in [1.54, 1.807) is 24.3 Å². The summed E-state index contributed by atoms with van der Waals surface area (Å²) < 4.78 is 28.4. The van der Waals surface area contributed by atoms with Gasteiger partial charge in [0, 0.05) is 23.3 Å². The molecule has 0 spiro atoms. The van der Waals surface area contributed by atoms with Crippen LogP contribution in [0.3, 0.4) is 0 Å². The van der Waals surface area contributed by atoms with Gasteiger partial charge in [-0.25, -0.2) is 8.42 Å². The highest BCUT2D eigenvalue weighted by atomic mass is 32.2. The van der Waals surface area contributed by atoms with Gasteiger partial charge in [0.1, 0.15) is 0 Å². The van der Waals surface area contributed by atoms with E-state index in [1.807, 2.05) is 37.8 Å². The van der Waals surface area contributed by atoms with Crippen molar-refractivity contribution in [3.8, 4) is 0 Å². The number of benzene rings is 2. The highest BCUT2D eigenvalue weighted by molar-refractivity contribution is 7.92. The van der Waals surface area contributed by atoms with Gasteiger partial charge in [-0.05, 0) is 87.1 Å². The van der Waals surface area contributed by atoms with E-state index in [2.05, 4.69) is 4.72 Å². The summed E-state index contributed by atoms with van der Waals surface area (Å²) in [4.78, 5) is 14.9. The zero-order valence-electron chi connectivity index (χ0n) is 16.5. The van der Waals surface area contributed by atoms with Crippen LogP contribution in [0.25, 0.3) is 0 Å². The predicted octanol–water partition coefficient (Wildman–Crippen LogP) is 4.18. The van der Waals surface area contributed by atoms with E-state index in [0.717, 1.165) is 41.6 Å². The molecule has 1 saturated carbocycles. The van der Waals surface area contributed by atoms with Gasteiger partial charge < -0.3 is 4.90 Å². The number of amides is 1. The van der Waals surface area contributed by atoms with Gasteiger partial charge in [0.15, 0.2) is 0 Å². The number of fused-ring (bicyclic) bond motifs is 1. The summed E-state index contributed by atoms with van der Waals surface area (Å²) in [6.45, 7) is 5.97. The molecule has 1 unspecified atom stereocenters. The Kier molecular flexibility index (Phi) is 4.70. The molecule has 148 valence electrons. The number of hydrogen-bond donors (Lipinski definition) is 1. The highest BCUT2D eigenvalue weighted by Crippen LogP contribution is 2.38. The minimum atomic E-state index is -3.68. The van der Waals surface area contributed by atoms with Gasteiger partial charge in [-0.3, -0.25) is 9.52 Å². The fourth-order valence-electron chi connectivity index (χ4n) is 3.98. The Morgan fingerprint density at radius 2 is 1.82 bits per heavy atom. The van der Waals surface area contributed by atoms with Crippen molar-refractivity contribution in [3.05, 3.63) is 53.1 Å². The van der Waals surface area contributed by atoms with Crippen LogP contribution in [0, 0.1) is 19.8 Å².